The van der Waals surface area contributed by atoms with E-state index in [1.807, 2.05) is 6.92 Å². The normalized spacial score (nSPS) is 26.6. The van der Waals surface area contributed by atoms with Gasteiger partial charge in [-0.15, -0.1) is 0 Å². The van der Waals surface area contributed by atoms with Gasteiger partial charge in [-0.2, -0.15) is 0 Å². The number of aromatic amines is 1. The van der Waals surface area contributed by atoms with Crippen molar-refractivity contribution >= 4 is 0 Å². The molecule has 0 spiro atoms. The highest BCUT2D eigenvalue weighted by Gasteiger charge is 2.33. The van der Waals surface area contributed by atoms with E-state index in [1.165, 1.54) is 16.8 Å². The Morgan fingerprint density at radius 1 is 1.56 bits per heavy atom. The van der Waals surface area contributed by atoms with Crippen molar-refractivity contribution in [1.29, 1.82) is 0 Å². The zero-order valence-electron chi connectivity index (χ0n) is 10.3. The maximum Gasteiger partial charge on any atom is 0.330 e. The van der Waals surface area contributed by atoms with E-state index >= 15 is 0 Å². The van der Waals surface area contributed by atoms with Gasteiger partial charge in [0.15, 0.2) is 0 Å². The Morgan fingerprint density at radius 2 is 2.22 bits per heavy atom. The van der Waals surface area contributed by atoms with Crippen LogP contribution in [0.3, 0.4) is 0 Å². The zero-order valence-corrected chi connectivity index (χ0v) is 10.3. The first-order chi connectivity index (χ1) is 8.61. The van der Waals surface area contributed by atoms with E-state index in [0.717, 1.165) is 0 Å². The van der Waals surface area contributed by atoms with E-state index in [1.54, 1.807) is 0 Å². The standard InChI is InChI=1S/C10H14N2O4.CH3F/c1-6-4-7(5-13)16-9(6)12-3-2-8(14)11-10(12)15;1-2/h2-3,6-7,9,13H,4-5H2,1H3,(H,11,14,15);1H3. The number of nitrogens with zero attached hydrogens (tertiary/aromatic N) is 1. The third-order valence-electron chi connectivity index (χ3n) is 2.78. The molecular formula is C11H17FN2O4. The summed E-state index contributed by atoms with van der Waals surface area (Å²) in [6.07, 6.45) is 1.47. The Hall–Kier alpha value is -1.47. The van der Waals surface area contributed by atoms with Crippen LogP contribution >= 0.6 is 0 Å². The maximum atomic E-state index is 11.5. The van der Waals surface area contributed by atoms with Crippen LogP contribution in [0.5, 0.6) is 0 Å². The van der Waals surface area contributed by atoms with E-state index in [-0.39, 0.29) is 18.6 Å². The summed E-state index contributed by atoms with van der Waals surface area (Å²) in [6, 6.07) is 1.28. The lowest BCUT2D eigenvalue weighted by Gasteiger charge is -2.17. The van der Waals surface area contributed by atoms with E-state index in [2.05, 4.69) is 4.98 Å². The van der Waals surface area contributed by atoms with Crippen LogP contribution in [0.4, 0.5) is 4.39 Å². The number of nitrogens with one attached hydrogen (secondary N) is 1. The number of hydrogen-bond donors (Lipinski definition) is 2. The Kier molecular flexibility index (Phi) is 5.24. The molecular weight excluding hydrogens is 243 g/mol. The van der Waals surface area contributed by atoms with Crippen molar-refractivity contribution in [3.05, 3.63) is 33.1 Å². The van der Waals surface area contributed by atoms with Gasteiger partial charge < -0.3 is 9.84 Å². The molecule has 2 N–H and O–H groups in total. The summed E-state index contributed by atoms with van der Waals surface area (Å²) < 4.78 is 16.4. The molecule has 7 heteroatoms. The highest BCUT2D eigenvalue weighted by Crippen LogP contribution is 2.32. The van der Waals surface area contributed by atoms with E-state index in [0.29, 0.717) is 13.6 Å². The summed E-state index contributed by atoms with van der Waals surface area (Å²) in [7, 11) is 0.500. The molecule has 1 aliphatic rings. The first-order valence-corrected chi connectivity index (χ1v) is 5.57. The second-order valence-corrected chi connectivity index (χ2v) is 4.06. The molecule has 0 radical (unpaired) electrons. The number of aliphatic hydroxyl groups is 1. The summed E-state index contributed by atoms with van der Waals surface area (Å²) in [5, 5.41) is 8.99. The van der Waals surface area contributed by atoms with Crippen LogP contribution in [0.25, 0.3) is 0 Å². The lowest BCUT2D eigenvalue weighted by molar-refractivity contribution is -0.0336. The van der Waals surface area contributed by atoms with Crippen molar-refractivity contribution in [1.82, 2.24) is 9.55 Å². The van der Waals surface area contributed by atoms with Gasteiger partial charge in [-0.1, -0.05) is 6.92 Å². The highest BCUT2D eigenvalue weighted by molar-refractivity contribution is 4.87. The van der Waals surface area contributed by atoms with Crippen molar-refractivity contribution in [3.63, 3.8) is 0 Å². The van der Waals surface area contributed by atoms with Crippen molar-refractivity contribution in [2.24, 2.45) is 5.92 Å². The average molecular weight is 260 g/mol. The third kappa shape index (κ3) is 3.05. The molecule has 3 atom stereocenters. The third-order valence-corrected chi connectivity index (χ3v) is 2.78. The number of ether oxygens (including phenoxy) is 1. The minimum absolute atomic E-state index is 0.0566. The predicted octanol–water partition coefficient (Wildman–Crippen LogP) is 0.0382. The smallest absolute Gasteiger partial charge is 0.330 e. The number of halogens is 1. The molecule has 0 amide bonds. The van der Waals surface area contributed by atoms with Crippen LogP contribution < -0.4 is 11.2 Å². The fourth-order valence-electron chi connectivity index (χ4n) is 2.00. The number of hydrogen-bond acceptors (Lipinski definition) is 4. The van der Waals surface area contributed by atoms with Gasteiger partial charge in [0, 0.05) is 18.2 Å². The Balaban J connectivity index is 0.000000771. The summed E-state index contributed by atoms with van der Waals surface area (Å²) in [5.41, 5.74) is -0.909. The number of rotatable bonds is 2. The molecule has 1 saturated heterocycles. The molecule has 102 valence electrons. The molecule has 0 aromatic carbocycles. The van der Waals surface area contributed by atoms with Crippen LogP contribution in [0.1, 0.15) is 19.6 Å². The molecule has 6 nitrogen and oxygen atoms in total. The molecule has 2 rings (SSSR count). The lowest BCUT2D eigenvalue weighted by Crippen LogP contribution is -2.33. The van der Waals surface area contributed by atoms with Gasteiger partial charge in [0.05, 0.1) is 19.9 Å². The molecule has 3 unspecified atom stereocenters. The Morgan fingerprint density at radius 3 is 2.72 bits per heavy atom. The van der Waals surface area contributed by atoms with Crippen LogP contribution in [-0.2, 0) is 4.74 Å². The molecule has 1 aromatic heterocycles. The maximum absolute atomic E-state index is 11.5. The topological polar surface area (TPSA) is 84.3 Å². The quantitative estimate of drug-likeness (QED) is 0.786. The SMILES string of the molecule is CC1CC(CO)OC1n1ccc(=O)[nH]c1=O.CF. The number of alkyl halides is 1. The summed E-state index contributed by atoms with van der Waals surface area (Å²) in [5.74, 6) is 0.126. The zero-order chi connectivity index (χ0) is 13.7. The van der Waals surface area contributed by atoms with Crippen molar-refractivity contribution in [3.8, 4) is 0 Å². The molecule has 0 bridgehead atoms. The van der Waals surface area contributed by atoms with Crippen LogP contribution in [0, 0.1) is 5.92 Å². The number of aliphatic hydroxyl groups excluding tert-OH is 1. The van der Waals surface area contributed by atoms with Crippen LogP contribution in [0.2, 0.25) is 0 Å². The van der Waals surface area contributed by atoms with Crippen LogP contribution in [0.15, 0.2) is 21.9 Å². The van der Waals surface area contributed by atoms with Crippen LogP contribution in [-0.4, -0.2) is 34.5 Å². The summed E-state index contributed by atoms with van der Waals surface area (Å²) >= 11 is 0. The average Bonchev–Trinajstić information content (AvgIpc) is 2.73. The molecule has 1 aliphatic heterocycles. The van der Waals surface area contributed by atoms with Gasteiger partial charge in [0.25, 0.3) is 5.56 Å². The second-order valence-electron chi connectivity index (χ2n) is 4.06. The fraction of sp³-hybridized carbons (Fsp3) is 0.636. The number of H-pyrrole nitrogens is 1. The first-order valence-electron chi connectivity index (χ1n) is 5.57. The molecule has 0 saturated carbocycles. The molecule has 1 fully saturated rings. The van der Waals surface area contributed by atoms with E-state index in [4.69, 9.17) is 9.84 Å². The van der Waals surface area contributed by atoms with Crippen molar-refractivity contribution in [2.75, 3.05) is 13.8 Å². The predicted molar refractivity (Wildman–Crippen MR) is 63.1 cm³/mol. The van der Waals surface area contributed by atoms with Crippen molar-refractivity contribution in [2.45, 2.75) is 25.7 Å². The van der Waals surface area contributed by atoms with E-state index in [9.17, 15) is 14.0 Å². The minimum atomic E-state index is -0.483. The Bertz CT molecular complexity index is 484. The monoisotopic (exact) mass is 260 g/mol. The molecule has 2 heterocycles. The number of aromatic nitrogens is 2. The second kappa shape index (κ2) is 6.46. The van der Waals surface area contributed by atoms with Gasteiger partial charge in [-0.05, 0) is 6.42 Å². The lowest BCUT2D eigenvalue weighted by atomic mass is 10.1. The van der Waals surface area contributed by atoms with Gasteiger partial charge >= 0.3 is 5.69 Å². The van der Waals surface area contributed by atoms with E-state index < -0.39 is 17.5 Å². The first kappa shape index (κ1) is 14.6. The molecule has 18 heavy (non-hydrogen) atoms. The minimum Gasteiger partial charge on any atom is -0.394 e. The molecule has 0 aliphatic carbocycles. The largest absolute Gasteiger partial charge is 0.394 e. The summed E-state index contributed by atoms with van der Waals surface area (Å²) in [4.78, 5) is 24.6. The highest BCUT2D eigenvalue weighted by atomic mass is 19.1. The van der Waals surface area contributed by atoms with Gasteiger partial charge in [0.2, 0.25) is 0 Å². The Labute approximate surface area is 103 Å². The van der Waals surface area contributed by atoms with Gasteiger partial charge in [-0.25, -0.2) is 4.79 Å². The van der Waals surface area contributed by atoms with Gasteiger partial charge in [0.1, 0.15) is 6.23 Å². The molecule has 1 aromatic rings. The summed E-state index contributed by atoms with van der Waals surface area (Å²) in [6.45, 7) is 1.89. The van der Waals surface area contributed by atoms with Gasteiger partial charge in [-0.3, -0.25) is 18.7 Å². The van der Waals surface area contributed by atoms with Crippen molar-refractivity contribution < 1.29 is 14.2 Å². The fourth-order valence-corrected chi connectivity index (χ4v) is 2.00.